The van der Waals surface area contributed by atoms with Crippen molar-refractivity contribution in [3.8, 4) is 0 Å². The van der Waals surface area contributed by atoms with E-state index in [-0.39, 0.29) is 24.1 Å². The number of rotatable bonds is 8. The highest BCUT2D eigenvalue weighted by atomic mass is 35.5. The molecule has 150 valence electrons. The molecule has 2 aromatic carbocycles. The van der Waals surface area contributed by atoms with Crippen molar-refractivity contribution in [3.05, 3.63) is 68.7 Å². The summed E-state index contributed by atoms with van der Waals surface area (Å²) in [5.41, 5.74) is 1.58. The Hall–Kier alpha value is -1.40. The summed E-state index contributed by atoms with van der Waals surface area (Å²) in [5, 5.41) is 4.16. The average Bonchev–Trinajstić information content (AvgIpc) is 2.68. The van der Waals surface area contributed by atoms with Gasteiger partial charge in [0.05, 0.1) is 5.75 Å². The zero-order chi connectivity index (χ0) is 20.7. The molecule has 2 amide bonds. The number of hydrogen-bond donors (Lipinski definition) is 1. The first-order chi connectivity index (χ1) is 13.3. The fraction of sp³-hybridized carbons (Fsp3) is 0.300. The zero-order valence-electron chi connectivity index (χ0n) is 15.5. The number of amides is 2. The van der Waals surface area contributed by atoms with E-state index in [4.69, 9.17) is 34.8 Å². The molecule has 0 aliphatic heterocycles. The number of thioether (sulfide) groups is 1. The van der Waals surface area contributed by atoms with Gasteiger partial charge in [0.1, 0.15) is 6.04 Å². The molecule has 0 spiro atoms. The van der Waals surface area contributed by atoms with E-state index in [1.165, 1.54) is 23.7 Å². The highest BCUT2D eigenvalue weighted by molar-refractivity contribution is 7.99. The van der Waals surface area contributed by atoms with E-state index in [0.717, 1.165) is 5.56 Å². The Morgan fingerprint density at radius 3 is 2.25 bits per heavy atom. The second kappa shape index (κ2) is 11.0. The zero-order valence-corrected chi connectivity index (χ0v) is 18.6. The smallest absolute Gasteiger partial charge is 0.242 e. The van der Waals surface area contributed by atoms with Crippen LogP contribution in [0.25, 0.3) is 0 Å². The largest absolute Gasteiger partial charge is 0.357 e. The molecule has 0 aliphatic carbocycles. The summed E-state index contributed by atoms with van der Waals surface area (Å²) in [7, 11) is 1.54. The van der Waals surface area contributed by atoms with Crippen molar-refractivity contribution in [1.82, 2.24) is 10.2 Å². The minimum atomic E-state index is -0.661. The molecule has 0 fully saturated rings. The number of nitrogens with one attached hydrogen (secondary N) is 1. The van der Waals surface area contributed by atoms with Gasteiger partial charge in [-0.1, -0.05) is 59.1 Å². The molecular formula is C20H21Cl3N2O2S. The molecule has 2 rings (SSSR count). The lowest BCUT2D eigenvalue weighted by Gasteiger charge is -2.29. The maximum atomic E-state index is 12.9. The van der Waals surface area contributed by atoms with Crippen molar-refractivity contribution in [3.63, 3.8) is 0 Å². The number of carbonyl (C=O) groups excluding carboxylic acids is 2. The van der Waals surface area contributed by atoms with Crippen LogP contribution in [0.1, 0.15) is 18.1 Å². The summed E-state index contributed by atoms with van der Waals surface area (Å²) in [6, 6.07) is 12.0. The number of likely N-dealkylation sites (N-methyl/N-ethyl adjacent to an activating group) is 1. The molecule has 0 bridgehead atoms. The van der Waals surface area contributed by atoms with Crippen LogP contribution in [0.5, 0.6) is 0 Å². The van der Waals surface area contributed by atoms with Crippen LogP contribution in [0, 0.1) is 0 Å². The molecule has 8 heteroatoms. The second-order valence-electron chi connectivity index (χ2n) is 6.10. The molecule has 4 nitrogen and oxygen atoms in total. The van der Waals surface area contributed by atoms with Crippen LogP contribution < -0.4 is 5.32 Å². The van der Waals surface area contributed by atoms with Gasteiger partial charge in [0.25, 0.3) is 0 Å². The standard InChI is InChI=1S/C20H21Cl3N2O2S/c1-13(20(27)24-2)25(10-15-17(22)8-5-9-18(15)23)19(26)12-28-11-14-6-3-4-7-16(14)21/h3-9,13H,10-12H2,1-2H3,(H,24,27). The quantitative estimate of drug-likeness (QED) is 0.601. The third kappa shape index (κ3) is 6.05. The molecule has 0 aliphatic rings. The average molecular weight is 460 g/mol. The van der Waals surface area contributed by atoms with Crippen LogP contribution in [-0.2, 0) is 21.9 Å². The van der Waals surface area contributed by atoms with Gasteiger partial charge >= 0.3 is 0 Å². The van der Waals surface area contributed by atoms with Crippen molar-refractivity contribution in [2.24, 2.45) is 0 Å². The van der Waals surface area contributed by atoms with Crippen LogP contribution in [0.3, 0.4) is 0 Å². The van der Waals surface area contributed by atoms with Crippen molar-refractivity contribution >= 4 is 58.4 Å². The van der Waals surface area contributed by atoms with Gasteiger partial charge in [-0.05, 0) is 30.7 Å². The Morgan fingerprint density at radius 2 is 1.64 bits per heavy atom. The molecule has 1 N–H and O–H groups in total. The minimum absolute atomic E-state index is 0.151. The Kier molecular flexibility index (Phi) is 8.96. The molecule has 1 atom stereocenters. The van der Waals surface area contributed by atoms with Gasteiger partial charge in [0.15, 0.2) is 0 Å². The second-order valence-corrected chi connectivity index (χ2v) is 8.30. The third-order valence-corrected chi connectivity index (χ3v) is 6.29. The molecule has 0 heterocycles. The topological polar surface area (TPSA) is 49.4 Å². The Balaban J connectivity index is 2.13. The maximum absolute atomic E-state index is 12.9. The van der Waals surface area contributed by atoms with E-state index in [0.29, 0.717) is 26.4 Å². The van der Waals surface area contributed by atoms with Crippen molar-refractivity contribution in [2.75, 3.05) is 12.8 Å². The summed E-state index contributed by atoms with van der Waals surface area (Å²) < 4.78 is 0. The Morgan fingerprint density at radius 1 is 1.04 bits per heavy atom. The van der Waals surface area contributed by atoms with Crippen LogP contribution in [0.2, 0.25) is 15.1 Å². The van der Waals surface area contributed by atoms with E-state index in [9.17, 15) is 9.59 Å². The van der Waals surface area contributed by atoms with Gasteiger partial charge in [-0.2, -0.15) is 0 Å². The molecule has 1 unspecified atom stereocenters. The van der Waals surface area contributed by atoms with E-state index in [2.05, 4.69) is 5.32 Å². The van der Waals surface area contributed by atoms with E-state index in [1.807, 2.05) is 24.3 Å². The van der Waals surface area contributed by atoms with Crippen LogP contribution >= 0.6 is 46.6 Å². The fourth-order valence-electron chi connectivity index (χ4n) is 2.59. The number of nitrogens with zero attached hydrogens (tertiary/aromatic N) is 1. The Bertz CT molecular complexity index is 828. The van der Waals surface area contributed by atoms with Gasteiger partial charge < -0.3 is 10.2 Å². The number of hydrogen-bond acceptors (Lipinski definition) is 3. The first-order valence-electron chi connectivity index (χ1n) is 8.60. The third-order valence-electron chi connectivity index (χ3n) is 4.24. The van der Waals surface area contributed by atoms with Gasteiger partial charge in [-0.25, -0.2) is 0 Å². The normalized spacial score (nSPS) is 11.8. The van der Waals surface area contributed by atoms with E-state index < -0.39 is 6.04 Å². The molecule has 0 aromatic heterocycles. The SMILES string of the molecule is CNC(=O)C(C)N(Cc1c(Cl)cccc1Cl)C(=O)CSCc1ccccc1Cl. The predicted molar refractivity (Wildman–Crippen MR) is 118 cm³/mol. The molecule has 0 saturated heterocycles. The molecule has 0 radical (unpaired) electrons. The van der Waals surface area contributed by atoms with E-state index >= 15 is 0 Å². The summed E-state index contributed by atoms with van der Waals surface area (Å²) >= 11 is 20.1. The highest BCUT2D eigenvalue weighted by Crippen LogP contribution is 2.27. The summed E-state index contributed by atoms with van der Waals surface area (Å²) in [6.07, 6.45) is 0. The lowest BCUT2D eigenvalue weighted by molar-refractivity contribution is -0.138. The van der Waals surface area contributed by atoms with Gasteiger partial charge in [-0.3, -0.25) is 9.59 Å². The highest BCUT2D eigenvalue weighted by Gasteiger charge is 2.26. The van der Waals surface area contributed by atoms with Crippen LogP contribution in [0.4, 0.5) is 0 Å². The molecular weight excluding hydrogens is 439 g/mol. The summed E-state index contributed by atoms with van der Waals surface area (Å²) in [6.45, 7) is 1.83. The number of benzene rings is 2. The summed E-state index contributed by atoms with van der Waals surface area (Å²) in [4.78, 5) is 26.6. The maximum Gasteiger partial charge on any atom is 0.242 e. The summed E-state index contributed by atoms with van der Waals surface area (Å²) in [5.74, 6) is 0.367. The predicted octanol–water partition coefficient (Wildman–Crippen LogP) is 5.04. The molecule has 28 heavy (non-hydrogen) atoms. The van der Waals surface area contributed by atoms with Gasteiger partial charge in [0, 0.05) is 40.0 Å². The lowest BCUT2D eigenvalue weighted by Crippen LogP contribution is -2.47. The Labute approximate surface area is 184 Å². The number of halogens is 3. The van der Waals surface area contributed by atoms with E-state index in [1.54, 1.807) is 25.1 Å². The first-order valence-corrected chi connectivity index (χ1v) is 10.9. The van der Waals surface area contributed by atoms with Gasteiger partial charge in [0.2, 0.25) is 11.8 Å². The lowest BCUT2D eigenvalue weighted by atomic mass is 10.1. The van der Waals surface area contributed by atoms with Crippen molar-refractivity contribution < 1.29 is 9.59 Å². The first kappa shape index (κ1) is 22.9. The van der Waals surface area contributed by atoms with Crippen molar-refractivity contribution in [2.45, 2.75) is 25.3 Å². The van der Waals surface area contributed by atoms with Crippen LogP contribution in [0.15, 0.2) is 42.5 Å². The molecule has 0 saturated carbocycles. The van der Waals surface area contributed by atoms with Crippen LogP contribution in [-0.4, -0.2) is 35.6 Å². The minimum Gasteiger partial charge on any atom is -0.357 e. The molecule has 2 aromatic rings. The monoisotopic (exact) mass is 458 g/mol. The fourth-order valence-corrected chi connectivity index (χ4v) is 4.30. The van der Waals surface area contributed by atoms with Gasteiger partial charge in [-0.15, -0.1) is 11.8 Å². The number of carbonyl (C=O) groups is 2. The van der Waals surface area contributed by atoms with Crippen molar-refractivity contribution in [1.29, 1.82) is 0 Å².